The van der Waals surface area contributed by atoms with E-state index in [0.717, 1.165) is 12.7 Å². The lowest BCUT2D eigenvalue weighted by atomic mass is 10.1. The van der Waals surface area contributed by atoms with Gasteiger partial charge in [-0.05, 0) is 70.7 Å². The summed E-state index contributed by atoms with van der Waals surface area (Å²) in [5.41, 5.74) is 1.13. The molecule has 0 saturated carbocycles. The standard InChI is InChI=1S/C10H12I2O2/c1-3-14-6(2)7-4-5-8(13)10(12)9(7)11/h4-6,13H,3H2,1-2H3. The van der Waals surface area contributed by atoms with Crippen LogP contribution < -0.4 is 0 Å². The molecule has 1 N–H and O–H groups in total. The van der Waals surface area contributed by atoms with Crippen molar-refractivity contribution in [3.63, 3.8) is 0 Å². The third-order valence-corrected chi connectivity index (χ3v) is 5.23. The quantitative estimate of drug-likeness (QED) is 0.760. The van der Waals surface area contributed by atoms with Gasteiger partial charge in [0.25, 0.3) is 0 Å². The molecular formula is C10H12I2O2. The molecule has 0 aromatic heterocycles. The van der Waals surface area contributed by atoms with Crippen molar-refractivity contribution in [2.75, 3.05) is 6.61 Å². The lowest BCUT2D eigenvalue weighted by Gasteiger charge is -2.15. The molecule has 0 fully saturated rings. The van der Waals surface area contributed by atoms with Crippen molar-refractivity contribution in [1.29, 1.82) is 0 Å². The monoisotopic (exact) mass is 418 g/mol. The van der Waals surface area contributed by atoms with Gasteiger partial charge in [-0.3, -0.25) is 0 Å². The molecule has 1 unspecified atom stereocenters. The normalized spacial score (nSPS) is 12.9. The van der Waals surface area contributed by atoms with E-state index in [9.17, 15) is 5.11 Å². The highest BCUT2D eigenvalue weighted by atomic mass is 127. The lowest BCUT2D eigenvalue weighted by Crippen LogP contribution is -2.02. The van der Waals surface area contributed by atoms with E-state index in [1.165, 1.54) is 0 Å². The van der Waals surface area contributed by atoms with E-state index in [4.69, 9.17) is 4.74 Å². The van der Waals surface area contributed by atoms with Gasteiger partial charge in [-0.25, -0.2) is 0 Å². The molecule has 1 atom stereocenters. The molecule has 0 bridgehead atoms. The van der Waals surface area contributed by atoms with Gasteiger partial charge in [-0.1, -0.05) is 6.07 Å². The summed E-state index contributed by atoms with van der Waals surface area (Å²) in [7, 11) is 0. The highest BCUT2D eigenvalue weighted by molar-refractivity contribution is 14.1. The smallest absolute Gasteiger partial charge is 0.129 e. The third kappa shape index (κ3) is 2.73. The van der Waals surface area contributed by atoms with Gasteiger partial charge in [0.05, 0.1) is 9.67 Å². The van der Waals surface area contributed by atoms with Crippen molar-refractivity contribution >= 4 is 45.2 Å². The first-order valence-electron chi connectivity index (χ1n) is 4.36. The van der Waals surface area contributed by atoms with Crippen LogP contribution in [0.3, 0.4) is 0 Å². The summed E-state index contributed by atoms with van der Waals surface area (Å²) in [6.07, 6.45) is 0.0843. The zero-order chi connectivity index (χ0) is 10.7. The Morgan fingerprint density at radius 2 is 2.00 bits per heavy atom. The molecule has 1 aromatic rings. The fourth-order valence-corrected chi connectivity index (χ4v) is 2.59. The number of hydrogen-bond donors (Lipinski definition) is 1. The Balaban J connectivity index is 3.04. The van der Waals surface area contributed by atoms with Crippen molar-refractivity contribution in [1.82, 2.24) is 0 Å². The second kappa shape index (κ2) is 5.50. The maximum atomic E-state index is 9.48. The molecule has 0 aliphatic carbocycles. The second-order valence-electron chi connectivity index (χ2n) is 2.90. The highest BCUT2D eigenvalue weighted by Crippen LogP contribution is 2.31. The maximum absolute atomic E-state index is 9.48. The number of rotatable bonds is 3. The average Bonchev–Trinajstić information content (AvgIpc) is 2.15. The van der Waals surface area contributed by atoms with Crippen LogP contribution in [0.25, 0.3) is 0 Å². The van der Waals surface area contributed by atoms with E-state index >= 15 is 0 Å². The Bertz CT molecular complexity index is 326. The van der Waals surface area contributed by atoms with E-state index < -0.39 is 0 Å². The molecule has 4 heteroatoms. The largest absolute Gasteiger partial charge is 0.507 e. The van der Waals surface area contributed by atoms with Gasteiger partial charge in [0.2, 0.25) is 0 Å². The first-order chi connectivity index (χ1) is 6.57. The number of phenolic OH excluding ortho intramolecular Hbond substituents is 1. The van der Waals surface area contributed by atoms with Crippen LogP contribution in [0.15, 0.2) is 12.1 Å². The van der Waals surface area contributed by atoms with E-state index in [2.05, 4.69) is 45.2 Å². The molecule has 2 nitrogen and oxygen atoms in total. The Kier molecular flexibility index (Phi) is 4.92. The molecule has 0 radical (unpaired) electrons. The molecule has 0 aliphatic rings. The number of benzene rings is 1. The molecule has 0 heterocycles. The number of aromatic hydroxyl groups is 1. The van der Waals surface area contributed by atoms with Crippen LogP contribution >= 0.6 is 45.2 Å². The lowest BCUT2D eigenvalue weighted by molar-refractivity contribution is 0.0757. The zero-order valence-electron chi connectivity index (χ0n) is 8.05. The minimum absolute atomic E-state index is 0.0843. The van der Waals surface area contributed by atoms with Gasteiger partial charge in [0.15, 0.2) is 0 Å². The molecule has 1 aromatic carbocycles. The Labute approximate surface area is 111 Å². The number of phenols is 1. The van der Waals surface area contributed by atoms with Gasteiger partial charge in [-0.15, -0.1) is 0 Å². The van der Waals surface area contributed by atoms with Crippen LogP contribution in [0.4, 0.5) is 0 Å². The van der Waals surface area contributed by atoms with Gasteiger partial charge < -0.3 is 9.84 Å². The minimum atomic E-state index is 0.0843. The Morgan fingerprint density at radius 3 is 2.57 bits per heavy atom. The van der Waals surface area contributed by atoms with Gasteiger partial charge in [0, 0.05) is 10.2 Å². The Morgan fingerprint density at radius 1 is 1.36 bits per heavy atom. The third-order valence-electron chi connectivity index (χ3n) is 1.95. The summed E-state index contributed by atoms with van der Waals surface area (Å²) in [6, 6.07) is 3.63. The van der Waals surface area contributed by atoms with Crippen LogP contribution in [0.1, 0.15) is 25.5 Å². The Hall–Kier alpha value is 0.440. The topological polar surface area (TPSA) is 29.5 Å². The van der Waals surface area contributed by atoms with E-state index in [-0.39, 0.29) is 6.10 Å². The summed E-state index contributed by atoms with van der Waals surface area (Å²) < 4.78 is 7.48. The van der Waals surface area contributed by atoms with E-state index in [0.29, 0.717) is 12.4 Å². The minimum Gasteiger partial charge on any atom is -0.507 e. The second-order valence-corrected chi connectivity index (χ2v) is 5.06. The van der Waals surface area contributed by atoms with Crippen molar-refractivity contribution in [3.8, 4) is 5.75 Å². The fourth-order valence-electron chi connectivity index (χ4n) is 1.21. The van der Waals surface area contributed by atoms with Gasteiger partial charge in [-0.2, -0.15) is 0 Å². The number of ether oxygens (including phenoxy) is 1. The van der Waals surface area contributed by atoms with Crippen molar-refractivity contribution in [2.24, 2.45) is 0 Å². The zero-order valence-corrected chi connectivity index (χ0v) is 12.4. The SMILES string of the molecule is CCOC(C)c1ccc(O)c(I)c1I. The summed E-state index contributed by atoms with van der Waals surface area (Å²) in [6.45, 7) is 4.71. The summed E-state index contributed by atoms with van der Waals surface area (Å²) in [5.74, 6) is 0.336. The number of hydrogen-bond acceptors (Lipinski definition) is 2. The summed E-state index contributed by atoms with van der Waals surface area (Å²) in [4.78, 5) is 0. The fraction of sp³-hybridized carbons (Fsp3) is 0.400. The number of halogens is 2. The van der Waals surface area contributed by atoms with Crippen LogP contribution in [-0.4, -0.2) is 11.7 Å². The first kappa shape index (κ1) is 12.5. The van der Waals surface area contributed by atoms with Crippen LogP contribution in [0.2, 0.25) is 0 Å². The van der Waals surface area contributed by atoms with Gasteiger partial charge in [0.1, 0.15) is 5.75 Å². The van der Waals surface area contributed by atoms with Crippen molar-refractivity contribution in [2.45, 2.75) is 20.0 Å². The predicted octanol–water partition coefficient (Wildman–Crippen LogP) is 3.70. The maximum Gasteiger partial charge on any atom is 0.129 e. The van der Waals surface area contributed by atoms with E-state index in [1.807, 2.05) is 19.9 Å². The molecule has 1 rings (SSSR count). The molecule has 0 amide bonds. The van der Waals surface area contributed by atoms with Crippen molar-refractivity contribution in [3.05, 3.63) is 24.8 Å². The molecule has 0 saturated heterocycles. The van der Waals surface area contributed by atoms with Crippen LogP contribution in [-0.2, 0) is 4.74 Å². The molecule has 14 heavy (non-hydrogen) atoms. The summed E-state index contributed by atoms with van der Waals surface area (Å²) in [5, 5.41) is 9.48. The molecular weight excluding hydrogens is 406 g/mol. The molecule has 0 spiro atoms. The summed E-state index contributed by atoms with van der Waals surface area (Å²) >= 11 is 4.38. The van der Waals surface area contributed by atoms with Crippen LogP contribution in [0.5, 0.6) is 5.75 Å². The first-order valence-corrected chi connectivity index (χ1v) is 6.52. The predicted molar refractivity (Wildman–Crippen MR) is 73.6 cm³/mol. The van der Waals surface area contributed by atoms with Crippen molar-refractivity contribution < 1.29 is 9.84 Å². The van der Waals surface area contributed by atoms with E-state index in [1.54, 1.807) is 6.07 Å². The molecule has 78 valence electrons. The average molecular weight is 418 g/mol. The molecule has 0 aliphatic heterocycles. The highest BCUT2D eigenvalue weighted by Gasteiger charge is 2.13. The van der Waals surface area contributed by atoms with Crippen LogP contribution in [0, 0.1) is 7.14 Å². The van der Waals surface area contributed by atoms with Gasteiger partial charge >= 0.3 is 0 Å².